The maximum absolute atomic E-state index is 5.09. The van der Waals surface area contributed by atoms with Crippen LogP contribution in [-0.4, -0.2) is 15.0 Å². The molecule has 3 nitrogen and oxygen atoms in total. The topological polar surface area (TPSA) is 38.7 Å². The Bertz CT molecular complexity index is 2760. The van der Waals surface area contributed by atoms with Gasteiger partial charge in [-0.25, -0.2) is 15.0 Å². The lowest BCUT2D eigenvalue weighted by Gasteiger charge is -2.12. The van der Waals surface area contributed by atoms with Crippen LogP contribution in [0.5, 0.6) is 0 Å². The largest absolute Gasteiger partial charge is 0.208 e. The minimum atomic E-state index is 0.638. The van der Waals surface area contributed by atoms with Crippen molar-refractivity contribution in [3.05, 3.63) is 188 Å². The van der Waals surface area contributed by atoms with Crippen molar-refractivity contribution >= 4 is 10.8 Å². The van der Waals surface area contributed by atoms with Gasteiger partial charge in [-0.05, 0) is 84.6 Å². The highest BCUT2D eigenvalue weighted by Gasteiger charge is 2.22. The standard InChI is InChI=1S/C49H31N3/c1-3-13-32(14-4-1)34-17-10-21-38(30-34)48-50-47(33-15-5-2-6-16-33)51-49(52-48)39-22-11-19-36(31-39)35-18-9-20-37(29-35)40-27-28-45-42-24-8-7-23-41(42)44-26-12-25-43(40)46(44)45/h1-31H. The van der Waals surface area contributed by atoms with Crippen molar-refractivity contribution in [1.29, 1.82) is 0 Å². The van der Waals surface area contributed by atoms with Gasteiger partial charge in [-0.2, -0.15) is 0 Å². The number of fused-ring (bicyclic) bond motifs is 3. The molecule has 1 aliphatic carbocycles. The smallest absolute Gasteiger partial charge is 0.164 e. The molecule has 52 heavy (non-hydrogen) atoms. The highest BCUT2D eigenvalue weighted by atomic mass is 15.0. The molecular weight excluding hydrogens is 631 g/mol. The Morgan fingerprint density at radius 2 is 0.615 bits per heavy atom. The number of rotatable bonds is 6. The first kappa shape index (κ1) is 29.9. The number of aromatic nitrogens is 3. The van der Waals surface area contributed by atoms with Crippen LogP contribution in [0, 0.1) is 0 Å². The third-order valence-electron chi connectivity index (χ3n) is 10.1. The van der Waals surface area contributed by atoms with Gasteiger partial charge < -0.3 is 0 Å². The van der Waals surface area contributed by atoms with Gasteiger partial charge >= 0.3 is 0 Å². The molecule has 0 amide bonds. The maximum Gasteiger partial charge on any atom is 0.164 e. The second-order valence-electron chi connectivity index (χ2n) is 13.2. The number of benzene rings is 8. The molecule has 0 unspecified atom stereocenters. The molecule has 8 aromatic carbocycles. The molecule has 0 aliphatic heterocycles. The van der Waals surface area contributed by atoms with Crippen molar-refractivity contribution in [3.63, 3.8) is 0 Å². The van der Waals surface area contributed by atoms with Gasteiger partial charge in [0.25, 0.3) is 0 Å². The molecule has 0 atom stereocenters. The Balaban J connectivity index is 1.06. The summed E-state index contributed by atoms with van der Waals surface area (Å²) in [6, 6.07) is 66.3. The SMILES string of the molecule is c1ccc(-c2cccc(-c3nc(-c4ccccc4)nc(-c4cccc(-c5cccc(-c6ccc7c8c(cccc68)-c6ccccc6-7)c5)c4)n3)c2)cc1. The molecule has 1 heterocycles. The van der Waals surface area contributed by atoms with Crippen LogP contribution in [0.4, 0.5) is 0 Å². The molecule has 9 aromatic rings. The molecule has 0 N–H and O–H groups in total. The van der Waals surface area contributed by atoms with Gasteiger partial charge in [0, 0.05) is 16.7 Å². The lowest BCUT2D eigenvalue weighted by Crippen LogP contribution is -2.00. The first-order valence-electron chi connectivity index (χ1n) is 17.6. The van der Waals surface area contributed by atoms with E-state index in [0.717, 1.165) is 38.9 Å². The van der Waals surface area contributed by atoms with Gasteiger partial charge in [-0.3, -0.25) is 0 Å². The third-order valence-corrected chi connectivity index (χ3v) is 10.1. The van der Waals surface area contributed by atoms with E-state index in [2.05, 4.69) is 152 Å². The highest BCUT2D eigenvalue weighted by Crippen LogP contribution is 2.49. The van der Waals surface area contributed by atoms with Crippen molar-refractivity contribution < 1.29 is 0 Å². The lowest BCUT2D eigenvalue weighted by atomic mass is 9.92. The zero-order chi connectivity index (χ0) is 34.4. The van der Waals surface area contributed by atoms with E-state index in [1.54, 1.807) is 0 Å². The molecule has 1 aliphatic rings. The Morgan fingerprint density at radius 3 is 1.23 bits per heavy atom. The molecule has 1 aromatic heterocycles. The summed E-state index contributed by atoms with van der Waals surface area (Å²) in [5.74, 6) is 1.93. The molecule has 242 valence electrons. The second kappa shape index (κ2) is 12.4. The van der Waals surface area contributed by atoms with Crippen LogP contribution in [0.2, 0.25) is 0 Å². The fourth-order valence-electron chi connectivity index (χ4n) is 7.58. The fourth-order valence-corrected chi connectivity index (χ4v) is 7.58. The van der Waals surface area contributed by atoms with E-state index in [0.29, 0.717) is 17.5 Å². The zero-order valence-corrected chi connectivity index (χ0v) is 28.2. The molecule has 10 rings (SSSR count). The summed E-state index contributed by atoms with van der Waals surface area (Å²) in [4.78, 5) is 15.1. The predicted molar refractivity (Wildman–Crippen MR) is 214 cm³/mol. The van der Waals surface area contributed by atoms with Gasteiger partial charge in [0.15, 0.2) is 17.5 Å². The summed E-state index contributed by atoms with van der Waals surface area (Å²) in [5, 5.41) is 2.61. The predicted octanol–water partition coefficient (Wildman–Crippen LogP) is 12.7. The van der Waals surface area contributed by atoms with Crippen molar-refractivity contribution in [1.82, 2.24) is 15.0 Å². The van der Waals surface area contributed by atoms with E-state index in [9.17, 15) is 0 Å². The normalized spacial score (nSPS) is 11.5. The Morgan fingerprint density at radius 1 is 0.231 bits per heavy atom. The average molecular weight is 662 g/mol. The number of hydrogen-bond donors (Lipinski definition) is 0. The minimum Gasteiger partial charge on any atom is -0.208 e. The Labute approximate surface area is 302 Å². The average Bonchev–Trinajstić information content (AvgIpc) is 3.56. The van der Waals surface area contributed by atoms with E-state index < -0.39 is 0 Å². The Kier molecular flexibility index (Phi) is 7.14. The van der Waals surface area contributed by atoms with E-state index >= 15 is 0 Å². The van der Waals surface area contributed by atoms with Crippen LogP contribution in [0.15, 0.2) is 188 Å². The van der Waals surface area contributed by atoms with Gasteiger partial charge in [-0.15, -0.1) is 0 Å². The van der Waals surface area contributed by atoms with Gasteiger partial charge in [0.05, 0.1) is 0 Å². The summed E-state index contributed by atoms with van der Waals surface area (Å²) < 4.78 is 0. The monoisotopic (exact) mass is 661 g/mol. The third kappa shape index (κ3) is 5.19. The first-order valence-corrected chi connectivity index (χ1v) is 17.6. The lowest BCUT2D eigenvalue weighted by molar-refractivity contribution is 1.07. The van der Waals surface area contributed by atoms with Crippen molar-refractivity contribution in [2.75, 3.05) is 0 Å². The highest BCUT2D eigenvalue weighted by molar-refractivity contribution is 6.18. The summed E-state index contributed by atoms with van der Waals surface area (Å²) >= 11 is 0. The second-order valence-corrected chi connectivity index (χ2v) is 13.2. The van der Waals surface area contributed by atoms with Crippen LogP contribution in [0.1, 0.15) is 0 Å². The summed E-state index contributed by atoms with van der Waals surface area (Å²) in [6.07, 6.45) is 0. The van der Waals surface area contributed by atoms with Crippen LogP contribution in [-0.2, 0) is 0 Å². The number of nitrogens with zero attached hydrogens (tertiary/aromatic N) is 3. The maximum atomic E-state index is 5.09. The molecule has 0 radical (unpaired) electrons. The van der Waals surface area contributed by atoms with Crippen molar-refractivity contribution in [2.45, 2.75) is 0 Å². The van der Waals surface area contributed by atoms with E-state index in [1.165, 1.54) is 44.2 Å². The van der Waals surface area contributed by atoms with Crippen molar-refractivity contribution in [3.8, 4) is 89.8 Å². The van der Waals surface area contributed by atoms with E-state index in [1.807, 2.05) is 36.4 Å². The summed E-state index contributed by atoms with van der Waals surface area (Å²) in [5.41, 5.74) is 15.0. The molecule has 0 saturated carbocycles. The van der Waals surface area contributed by atoms with Gasteiger partial charge in [0.2, 0.25) is 0 Å². The van der Waals surface area contributed by atoms with Crippen LogP contribution < -0.4 is 0 Å². The quantitative estimate of drug-likeness (QED) is 0.178. The number of hydrogen-bond acceptors (Lipinski definition) is 3. The summed E-state index contributed by atoms with van der Waals surface area (Å²) in [7, 11) is 0. The molecule has 0 saturated heterocycles. The van der Waals surface area contributed by atoms with Crippen LogP contribution >= 0.6 is 0 Å². The van der Waals surface area contributed by atoms with Crippen LogP contribution in [0.3, 0.4) is 0 Å². The van der Waals surface area contributed by atoms with Gasteiger partial charge in [-0.1, -0.05) is 170 Å². The summed E-state index contributed by atoms with van der Waals surface area (Å²) in [6.45, 7) is 0. The fraction of sp³-hybridized carbons (Fsp3) is 0. The zero-order valence-electron chi connectivity index (χ0n) is 28.2. The first-order chi connectivity index (χ1) is 25.8. The molecule has 0 spiro atoms. The van der Waals surface area contributed by atoms with Gasteiger partial charge in [0.1, 0.15) is 0 Å². The Hall–Kier alpha value is -6.97. The molecule has 0 bridgehead atoms. The minimum absolute atomic E-state index is 0.638. The molecular formula is C49H31N3. The van der Waals surface area contributed by atoms with E-state index in [4.69, 9.17) is 15.0 Å². The van der Waals surface area contributed by atoms with Crippen molar-refractivity contribution in [2.24, 2.45) is 0 Å². The molecule has 3 heteroatoms. The van der Waals surface area contributed by atoms with Crippen LogP contribution in [0.25, 0.3) is 101 Å². The van der Waals surface area contributed by atoms with E-state index in [-0.39, 0.29) is 0 Å². The molecule has 0 fully saturated rings.